The number of hydrogen-bond acceptors (Lipinski definition) is 4. The summed E-state index contributed by atoms with van der Waals surface area (Å²) in [5.41, 5.74) is 8.18. The van der Waals surface area contributed by atoms with Crippen LogP contribution in [0, 0.1) is 0 Å². The molecule has 5 heteroatoms. The van der Waals surface area contributed by atoms with E-state index in [4.69, 9.17) is 23.2 Å². The standard InChI is InChI=1S/C61H38N4S/c1-2-14-40(15-3-1)48-37-36-45(38-56(48)65-54-25-9-6-19-50(54)51-20-7-10-26-55(51)65)61-63-59(43-32-28-41(29-33-43)47-22-12-17-39-16-4-5-18-46(39)47)62-60(64-61)44-34-30-42(31-35-44)49-23-13-24-53-52-21-8-11-27-57(52)66-58(49)53/h1-38H/i6D,7D,9D,10D,19D,20D,25D,26D. The first kappa shape index (κ1) is 30.6. The van der Waals surface area contributed by atoms with Crippen molar-refractivity contribution in [1.29, 1.82) is 0 Å². The minimum Gasteiger partial charge on any atom is -0.309 e. The zero-order chi connectivity index (χ0) is 50.5. The predicted molar refractivity (Wildman–Crippen MR) is 277 cm³/mol. The molecule has 0 aliphatic rings. The van der Waals surface area contributed by atoms with Gasteiger partial charge < -0.3 is 4.57 Å². The van der Waals surface area contributed by atoms with Gasteiger partial charge in [0, 0.05) is 53.2 Å². The topological polar surface area (TPSA) is 43.6 Å². The van der Waals surface area contributed by atoms with Gasteiger partial charge in [0.25, 0.3) is 0 Å². The van der Waals surface area contributed by atoms with Gasteiger partial charge in [-0.05, 0) is 62.8 Å². The summed E-state index contributed by atoms with van der Waals surface area (Å²) in [6.07, 6.45) is 0. The molecule has 0 fully saturated rings. The first-order chi connectivity index (χ1) is 36.0. The zero-order valence-electron chi connectivity index (χ0n) is 43.0. The van der Waals surface area contributed by atoms with Crippen LogP contribution in [0.25, 0.3) is 126 Å². The van der Waals surface area contributed by atoms with Crippen molar-refractivity contribution in [2.24, 2.45) is 0 Å². The monoisotopic (exact) mass is 866 g/mol. The lowest BCUT2D eigenvalue weighted by Crippen LogP contribution is -2.02. The fourth-order valence-electron chi connectivity index (χ4n) is 9.19. The van der Waals surface area contributed by atoms with E-state index in [2.05, 4.69) is 97.1 Å². The van der Waals surface area contributed by atoms with Crippen molar-refractivity contribution in [3.05, 3.63) is 230 Å². The van der Waals surface area contributed by atoms with E-state index < -0.39 is 36.3 Å². The Morgan fingerprint density at radius 3 is 1.58 bits per heavy atom. The Morgan fingerprint density at radius 1 is 0.364 bits per heavy atom. The van der Waals surface area contributed by atoms with Crippen LogP contribution in [0.2, 0.25) is 0 Å². The molecule has 13 aromatic rings. The van der Waals surface area contributed by atoms with Gasteiger partial charge in [-0.2, -0.15) is 0 Å². The van der Waals surface area contributed by atoms with Crippen molar-refractivity contribution >= 4 is 64.1 Å². The van der Waals surface area contributed by atoms with Gasteiger partial charge in [0.1, 0.15) is 0 Å². The number of nitrogens with zero attached hydrogens (tertiary/aromatic N) is 4. The smallest absolute Gasteiger partial charge is 0.164 e. The molecule has 0 radical (unpaired) electrons. The third-order valence-electron chi connectivity index (χ3n) is 12.4. The van der Waals surface area contributed by atoms with Gasteiger partial charge >= 0.3 is 0 Å². The third-order valence-corrected chi connectivity index (χ3v) is 13.6. The summed E-state index contributed by atoms with van der Waals surface area (Å²) in [4.78, 5) is 15.5. The number of benzene rings is 10. The van der Waals surface area contributed by atoms with Crippen molar-refractivity contribution in [2.45, 2.75) is 0 Å². The van der Waals surface area contributed by atoms with Gasteiger partial charge in [0.05, 0.1) is 27.7 Å². The van der Waals surface area contributed by atoms with Crippen molar-refractivity contribution < 1.29 is 11.0 Å². The van der Waals surface area contributed by atoms with E-state index in [1.807, 2.05) is 84.9 Å². The normalized spacial score (nSPS) is 13.3. The molecule has 0 amide bonds. The summed E-state index contributed by atoms with van der Waals surface area (Å²) in [7, 11) is 0. The highest BCUT2D eigenvalue weighted by Crippen LogP contribution is 2.41. The molecular formula is C61H38N4S. The van der Waals surface area contributed by atoms with Crippen LogP contribution in [0.1, 0.15) is 11.0 Å². The molecule has 0 aliphatic carbocycles. The van der Waals surface area contributed by atoms with Crippen LogP contribution in [0.4, 0.5) is 0 Å². The molecule has 13 rings (SSSR count). The molecule has 0 atom stereocenters. The molecule has 0 aliphatic heterocycles. The van der Waals surface area contributed by atoms with Gasteiger partial charge in [0.15, 0.2) is 17.5 Å². The molecule has 0 bridgehead atoms. The molecular weight excluding hydrogens is 821 g/mol. The Hall–Kier alpha value is -8.51. The summed E-state index contributed by atoms with van der Waals surface area (Å²) in [5, 5.41) is 4.71. The molecule has 3 aromatic heterocycles. The number of hydrogen-bond donors (Lipinski definition) is 0. The Bertz CT molecular complexity index is 4380. The van der Waals surface area contributed by atoms with Crippen LogP contribution in [0.5, 0.6) is 0 Å². The number of rotatable bonds is 7. The second-order valence-electron chi connectivity index (χ2n) is 16.1. The average Bonchev–Trinajstić information content (AvgIpc) is 4.03. The van der Waals surface area contributed by atoms with E-state index in [0.717, 1.165) is 49.7 Å². The lowest BCUT2D eigenvalue weighted by Gasteiger charge is -2.16. The van der Waals surface area contributed by atoms with Crippen LogP contribution < -0.4 is 0 Å². The van der Waals surface area contributed by atoms with Crippen LogP contribution in [-0.4, -0.2) is 19.5 Å². The lowest BCUT2D eigenvalue weighted by atomic mass is 9.97. The maximum Gasteiger partial charge on any atom is 0.164 e. The van der Waals surface area contributed by atoms with Crippen molar-refractivity contribution in [3.8, 4) is 73.2 Å². The quantitative estimate of drug-likeness (QED) is 0.160. The summed E-state index contributed by atoms with van der Waals surface area (Å²) in [6.45, 7) is 0. The second kappa shape index (κ2) is 15.6. The Balaban J connectivity index is 1.03. The van der Waals surface area contributed by atoms with Crippen LogP contribution in [-0.2, 0) is 0 Å². The SMILES string of the molecule is [2H]c1c([2H])c([2H])c2c(c1[2H])c1c([2H])c([2H])c([2H])c([2H])c1n2-c1cc(-c2nc(-c3ccc(-c4cccc5ccccc45)cc3)nc(-c3ccc(-c4cccc5c4sc4ccccc45)cc3)n2)ccc1-c1ccccc1. The van der Waals surface area contributed by atoms with Crippen LogP contribution in [0.15, 0.2) is 230 Å². The Labute approximate surface area is 396 Å². The van der Waals surface area contributed by atoms with E-state index in [0.29, 0.717) is 34.3 Å². The molecule has 0 saturated carbocycles. The highest BCUT2D eigenvalue weighted by molar-refractivity contribution is 7.26. The van der Waals surface area contributed by atoms with Gasteiger partial charge in [-0.3, -0.25) is 0 Å². The minimum atomic E-state index is -0.508. The van der Waals surface area contributed by atoms with Crippen LogP contribution in [0.3, 0.4) is 0 Å². The summed E-state index contributed by atoms with van der Waals surface area (Å²) < 4.78 is 75.8. The van der Waals surface area contributed by atoms with Crippen molar-refractivity contribution in [3.63, 3.8) is 0 Å². The fourth-order valence-corrected chi connectivity index (χ4v) is 10.4. The fraction of sp³-hybridized carbons (Fsp3) is 0. The first-order valence-electron chi connectivity index (χ1n) is 25.6. The van der Waals surface area contributed by atoms with Crippen molar-refractivity contribution in [2.75, 3.05) is 0 Å². The first-order valence-corrected chi connectivity index (χ1v) is 22.4. The molecule has 308 valence electrons. The Morgan fingerprint density at radius 2 is 0.864 bits per heavy atom. The summed E-state index contributed by atoms with van der Waals surface area (Å²) in [5.74, 6) is 1.15. The molecule has 4 nitrogen and oxygen atoms in total. The van der Waals surface area contributed by atoms with E-state index in [-0.39, 0.29) is 33.9 Å². The largest absolute Gasteiger partial charge is 0.309 e. The highest BCUT2D eigenvalue weighted by atomic mass is 32.1. The van der Waals surface area contributed by atoms with Gasteiger partial charge in [-0.25, -0.2) is 15.0 Å². The maximum absolute atomic E-state index is 9.32. The molecule has 66 heavy (non-hydrogen) atoms. The minimum absolute atomic E-state index is 0.00821. The van der Waals surface area contributed by atoms with E-state index in [9.17, 15) is 2.74 Å². The molecule has 3 heterocycles. The maximum atomic E-state index is 9.32. The zero-order valence-corrected chi connectivity index (χ0v) is 35.8. The van der Waals surface area contributed by atoms with E-state index >= 15 is 0 Å². The summed E-state index contributed by atoms with van der Waals surface area (Å²) >= 11 is 1.78. The molecule has 0 unspecified atom stereocenters. The molecule has 0 N–H and O–H groups in total. The predicted octanol–water partition coefficient (Wildman–Crippen LogP) is 16.5. The second-order valence-corrected chi connectivity index (χ2v) is 17.2. The van der Waals surface area contributed by atoms with Gasteiger partial charge in [-0.1, -0.05) is 206 Å². The third kappa shape index (κ3) is 6.40. The molecule has 10 aromatic carbocycles. The number of aromatic nitrogens is 4. The number of thiophene rings is 1. The lowest BCUT2D eigenvalue weighted by molar-refractivity contribution is 1.07. The highest BCUT2D eigenvalue weighted by Gasteiger charge is 2.20. The van der Waals surface area contributed by atoms with Crippen molar-refractivity contribution in [1.82, 2.24) is 19.5 Å². The Kier molecular flexibility index (Phi) is 7.24. The van der Waals surface area contributed by atoms with E-state index in [1.54, 1.807) is 15.9 Å². The average molecular weight is 867 g/mol. The molecule has 0 saturated heterocycles. The van der Waals surface area contributed by atoms with Gasteiger partial charge in [-0.15, -0.1) is 11.3 Å². The van der Waals surface area contributed by atoms with Gasteiger partial charge in [0.2, 0.25) is 0 Å². The molecule has 0 spiro atoms. The van der Waals surface area contributed by atoms with Crippen LogP contribution >= 0.6 is 11.3 Å². The number of para-hydroxylation sites is 2. The van der Waals surface area contributed by atoms with E-state index in [1.165, 1.54) is 20.2 Å². The number of fused-ring (bicyclic) bond motifs is 7. The summed E-state index contributed by atoms with van der Waals surface area (Å²) in [6, 6.07) is 57.4.